The predicted molar refractivity (Wildman–Crippen MR) is 122 cm³/mol. The summed E-state index contributed by atoms with van der Waals surface area (Å²) in [6.45, 7) is 2.98. The minimum atomic E-state index is -0.465. The minimum absolute atomic E-state index is 0.0809. The van der Waals surface area contributed by atoms with E-state index in [1.54, 1.807) is 29.3 Å². The number of aliphatic hydroxyl groups excluding tert-OH is 1. The standard InChI is InChI=1S/C22H24Cl2N6O2/c1-13(12-31)8-20-25-10-15-5-7-30(11-19(15)27-20)22(32)28-21(18-4-6-26-29-18)14-2-3-16(23)17(24)9-14/h2-4,6,9-10,13,21,31H,5,7-8,11-12H2,1H3,(H,26,29)(H,28,32)/t13-,21?/m1/s1. The Morgan fingerprint density at radius 3 is 2.88 bits per heavy atom. The van der Waals surface area contributed by atoms with Crippen molar-refractivity contribution in [2.24, 2.45) is 5.92 Å². The van der Waals surface area contributed by atoms with Gasteiger partial charge in [0.1, 0.15) is 5.82 Å². The first-order chi connectivity index (χ1) is 15.4. The molecule has 2 aromatic heterocycles. The van der Waals surface area contributed by atoms with Gasteiger partial charge >= 0.3 is 6.03 Å². The first-order valence-corrected chi connectivity index (χ1v) is 11.1. The highest BCUT2D eigenvalue weighted by Crippen LogP contribution is 2.28. The largest absolute Gasteiger partial charge is 0.396 e. The van der Waals surface area contributed by atoms with Gasteiger partial charge in [0, 0.05) is 32.0 Å². The lowest BCUT2D eigenvalue weighted by molar-refractivity contribution is 0.188. The summed E-state index contributed by atoms with van der Waals surface area (Å²) in [6, 6.07) is 6.40. The SMILES string of the molecule is C[C@@H](CO)Cc1ncc2c(n1)CN(C(=O)NC(c1ccc(Cl)c(Cl)c1)c1ccn[nH]1)CC2. The smallest absolute Gasteiger partial charge is 0.318 e. The van der Waals surface area contributed by atoms with Crippen LogP contribution in [-0.2, 0) is 19.4 Å². The van der Waals surface area contributed by atoms with Gasteiger partial charge in [0.25, 0.3) is 0 Å². The number of rotatable bonds is 6. The number of carbonyl (C=O) groups excluding carboxylic acids is 1. The molecule has 0 spiro atoms. The number of aromatic nitrogens is 4. The number of urea groups is 1. The van der Waals surface area contributed by atoms with Crippen LogP contribution in [0.15, 0.2) is 36.7 Å². The number of benzene rings is 1. The Balaban J connectivity index is 1.52. The summed E-state index contributed by atoms with van der Waals surface area (Å²) in [5.74, 6) is 0.760. The fraction of sp³-hybridized carbons (Fsp3) is 0.364. The molecule has 3 aromatic rings. The first-order valence-electron chi connectivity index (χ1n) is 10.4. The summed E-state index contributed by atoms with van der Waals surface area (Å²) in [6.07, 6.45) is 4.74. The molecule has 0 aliphatic carbocycles. The Hall–Kier alpha value is -2.68. The molecule has 10 heteroatoms. The van der Waals surface area contributed by atoms with Gasteiger partial charge in [0.2, 0.25) is 0 Å². The number of amides is 2. The topological polar surface area (TPSA) is 107 Å². The van der Waals surface area contributed by atoms with Crippen molar-refractivity contribution in [1.29, 1.82) is 0 Å². The highest BCUT2D eigenvalue weighted by Gasteiger charge is 2.26. The number of fused-ring (bicyclic) bond motifs is 1. The van der Waals surface area contributed by atoms with Crippen LogP contribution in [-0.4, -0.2) is 49.4 Å². The quantitative estimate of drug-likeness (QED) is 0.506. The third-order valence-electron chi connectivity index (χ3n) is 5.50. The molecule has 4 rings (SSSR count). The number of aromatic amines is 1. The van der Waals surface area contributed by atoms with Crippen molar-refractivity contribution in [1.82, 2.24) is 30.4 Å². The number of carbonyl (C=O) groups is 1. The van der Waals surface area contributed by atoms with E-state index in [-0.39, 0.29) is 18.6 Å². The number of nitrogens with zero attached hydrogens (tertiary/aromatic N) is 4. The molecule has 0 saturated carbocycles. The highest BCUT2D eigenvalue weighted by molar-refractivity contribution is 6.42. The van der Waals surface area contributed by atoms with E-state index in [2.05, 4.69) is 25.5 Å². The van der Waals surface area contributed by atoms with Gasteiger partial charge in [-0.15, -0.1) is 0 Å². The van der Waals surface area contributed by atoms with E-state index in [9.17, 15) is 9.90 Å². The third-order valence-corrected chi connectivity index (χ3v) is 6.24. The monoisotopic (exact) mass is 474 g/mol. The number of halogens is 2. The summed E-state index contributed by atoms with van der Waals surface area (Å²) in [5.41, 5.74) is 3.41. The first kappa shape index (κ1) is 22.5. The normalized spacial score (nSPS) is 15.2. The van der Waals surface area contributed by atoms with Gasteiger partial charge in [-0.1, -0.05) is 36.2 Å². The zero-order valence-corrected chi connectivity index (χ0v) is 19.1. The van der Waals surface area contributed by atoms with E-state index in [0.29, 0.717) is 41.8 Å². The van der Waals surface area contributed by atoms with Crippen molar-refractivity contribution in [2.75, 3.05) is 13.2 Å². The van der Waals surface area contributed by atoms with Gasteiger partial charge in [-0.3, -0.25) is 5.10 Å². The van der Waals surface area contributed by atoms with E-state index in [0.717, 1.165) is 22.5 Å². The summed E-state index contributed by atoms with van der Waals surface area (Å²) in [5, 5.41) is 20.2. The van der Waals surface area contributed by atoms with Gasteiger partial charge in [-0.05, 0) is 41.7 Å². The van der Waals surface area contributed by atoms with Crippen molar-refractivity contribution >= 4 is 29.2 Å². The molecular formula is C22H24Cl2N6O2. The number of hydrogen-bond donors (Lipinski definition) is 3. The molecule has 3 heterocycles. The van der Waals surface area contributed by atoms with Crippen LogP contribution < -0.4 is 5.32 Å². The number of nitrogens with one attached hydrogen (secondary N) is 2. The van der Waals surface area contributed by atoms with E-state index >= 15 is 0 Å². The van der Waals surface area contributed by atoms with Crippen LogP contribution in [0.2, 0.25) is 10.0 Å². The molecule has 0 bridgehead atoms. The lowest BCUT2D eigenvalue weighted by atomic mass is 10.0. The van der Waals surface area contributed by atoms with Crippen LogP contribution in [0.4, 0.5) is 4.79 Å². The zero-order valence-electron chi connectivity index (χ0n) is 17.6. The minimum Gasteiger partial charge on any atom is -0.396 e. The molecule has 0 radical (unpaired) electrons. The van der Waals surface area contributed by atoms with Crippen molar-refractivity contribution in [2.45, 2.75) is 32.4 Å². The Bertz CT molecular complexity index is 1090. The van der Waals surface area contributed by atoms with Crippen molar-refractivity contribution in [3.05, 3.63) is 75.0 Å². The molecule has 32 heavy (non-hydrogen) atoms. The Labute approximate surface area is 196 Å². The summed E-state index contributed by atoms with van der Waals surface area (Å²) in [4.78, 5) is 24.0. The van der Waals surface area contributed by atoms with Crippen LogP contribution in [0.25, 0.3) is 0 Å². The van der Waals surface area contributed by atoms with E-state index in [1.165, 1.54) is 0 Å². The van der Waals surface area contributed by atoms with E-state index in [4.69, 9.17) is 23.2 Å². The van der Waals surface area contributed by atoms with Crippen molar-refractivity contribution in [3.8, 4) is 0 Å². The average molecular weight is 475 g/mol. The molecule has 1 unspecified atom stereocenters. The zero-order chi connectivity index (χ0) is 22.7. The molecule has 1 aromatic carbocycles. The molecule has 1 aliphatic rings. The highest BCUT2D eigenvalue weighted by atomic mass is 35.5. The average Bonchev–Trinajstić information content (AvgIpc) is 3.33. The van der Waals surface area contributed by atoms with Gasteiger partial charge in [0.15, 0.2) is 0 Å². The summed E-state index contributed by atoms with van der Waals surface area (Å²) >= 11 is 12.3. The van der Waals surface area contributed by atoms with Gasteiger partial charge in [-0.25, -0.2) is 14.8 Å². The number of hydrogen-bond acceptors (Lipinski definition) is 5. The molecule has 0 fully saturated rings. The van der Waals surface area contributed by atoms with E-state index < -0.39 is 6.04 Å². The molecule has 0 saturated heterocycles. The van der Waals surface area contributed by atoms with Crippen molar-refractivity contribution in [3.63, 3.8) is 0 Å². The molecule has 168 valence electrons. The summed E-state index contributed by atoms with van der Waals surface area (Å²) in [7, 11) is 0. The number of H-pyrrole nitrogens is 1. The second-order valence-corrected chi connectivity index (χ2v) is 8.80. The lowest BCUT2D eigenvalue weighted by Crippen LogP contribution is -2.44. The Morgan fingerprint density at radius 2 is 2.16 bits per heavy atom. The third kappa shape index (κ3) is 5.03. The molecule has 1 aliphatic heterocycles. The fourth-order valence-electron chi connectivity index (χ4n) is 3.67. The second-order valence-electron chi connectivity index (χ2n) is 7.99. The number of aliphatic hydroxyl groups is 1. The van der Waals surface area contributed by atoms with E-state index in [1.807, 2.05) is 19.2 Å². The molecular weight excluding hydrogens is 451 g/mol. The molecule has 2 atom stereocenters. The van der Waals surface area contributed by atoms with Crippen LogP contribution in [0.3, 0.4) is 0 Å². The summed E-state index contributed by atoms with van der Waals surface area (Å²) < 4.78 is 0. The molecule has 3 N–H and O–H groups in total. The van der Waals surface area contributed by atoms with Crippen LogP contribution in [0.1, 0.15) is 41.3 Å². The maximum absolute atomic E-state index is 13.2. The maximum atomic E-state index is 13.2. The molecule has 8 nitrogen and oxygen atoms in total. The van der Waals surface area contributed by atoms with Gasteiger partial charge < -0.3 is 15.3 Å². The Morgan fingerprint density at radius 1 is 1.31 bits per heavy atom. The Kier molecular flexibility index (Phi) is 6.93. The van der Waals surface area contributed by atoms with Crippen molar-refractivity contribution < 1.29 is 9.90 Å². The van der Waals surface area contributed by atoms with Crippen LogP contribution >= 0.6 is 23.2 Å². The predicted octanol–water partition coefficient (Wildman–Crippen LogP) is 3.53. The molecule has 2 amide bonds. The van der Waals surface area contributed by atoms with Crippen LogP contribution in [0, 0.1) is 5.92 Å². The maximum Gasteiger partial charge on any atom is 0.318 e. The van der Waals surface area contributed by atoms with Crippen LogP contribution in [0.5, 0.6) is 0 Å². The second kappa shape index (κ2) is 9.85. The van der Waals surface area contributed by atoms with Gasteiger partial charge in [-0.2, -0.15) is 5.10 Å². The lowest BCUT2D eigenvalue weighted by Gasteiger charge is -2.30. The fourth-order valence-corrected chi connectivity index (χ4v) is 3.97. The van der Waals surface area contributed by atoms with Gasteiger partial charge in [0.05, 0.1) is 34.0 Å².